The van der Waals surface area contributed by atoms with Gasteiger partial charge in [0.05, 0.1) is 11.4 Å². The molecule has 1 aliphatic rings. The predicted octanol–water partition coefficient (Wildman–Crippen LogP) is 2.63. The highest BCUT2D eigenvalue weighted by molar-refractivity contribution is 7.89. The highest BCUT2D eigenvalue weighted by Crippen LogP contribution is 2.22. The molecule has 8 nitrogen and oxygen atoms in total. The van der Waals surface area contributed by atoms with Crippen LogP contribution in [-0.4, -0.2) is 43.8 Å². The molecule has 0 aliphatic carbocycles. The van der Waals surface area contributed by atoms with Crippen LogP contribution in [0.1, 0.15) is 42.9 Å². The Hall–Kier alpha value is -1.98. The van der Waals surface area contributed by atoms with E-state index in [1.165, 1.54) is 17.0 Å². The molecule has 1 aromatic heterocycles. The number of halogens is 1. The van der Waals surface area contributed by atoms with Crippen molar-refractivity contribution in [2.24, 2.45) is 11.7 Å². The topological polar surface area (TPSA) is 122 Å². The zero-order valence-electron chi connectivity index (χ0n) is 19.4. The van der Waals surface area contributed by atoms with E-state index in [9.17, 15) is 18.0 Å². The van der Waals surface area contributed by atoms with E-state index in [0.717, 1.165) is 9.75 Å². The van der Waals surface area contributed by atoms with Crippen molar-refractivity contribution in [1.82, 2.24) is 14.9 Å². The number of nitrogens with zero attached hydrogens (tertiary/aromatic N) is 1. The Bertz CT molecular complexity index is 1060. The van der Waals surface area contributed by atoms with Crippen molar-refractivity contribution in [3.8, 4) is 0 Å². The van der Waals surface area contributed by atoms with Crippen LogP contribution < -0.4 is 15.8 Å². The van der Waals surface area contributed by atoms with E-state index >= 15 is 0 Å². The smallest absolute Gasteiger partial charge is 0.243 e. The summed E-state index contributed by atoms with van der Waals surface area (Å²) in [6.45, 7) is 5.12. The van der Waals surface area contributed by atoms with Crippen molar-refractivity contribution in [3.05, 3.63) is 52.2 Å². The Morgan fingerprint density at radius 2 is 1.82 bits per heavy atom. The number of amides is 2. The second-order valence-corrected chi connectivity index (χ2v) is 11.6. The summed E-state index contributed by atoms with van der Waals surface area (Å²) in [5.41, 5.74) is 5.64. The van der Waals surface area contributed by atoms with Crippen LogP contribution in [0.3, 0.4) is 0 Å². The monoisotopic (exact) mass is 528 g/mol. The normalized spacial score (nSPS) is 16.8. The molecule has 2 heterocycles. The molecule has 0 radical (unpaired) electrons. The van der Waals surface area contributed by atoms with Crippen LogP contribution in [0.2, 0.25) is 0 Å². The van der Waals surface area contributed by atoms with Crippen molar-refractivity contribution in [1.29, 1.82) is 0 Å². The van der Waals surface area contributed by atoms with Crippen LogP contribution >= 0.6 is 23.7 Å². The summed E-state index contributed by atoms with van der Waals surface area (Å²) < 4.78 is 28.3. The zero-order valence-corrected chi connectivity index (χ0v) is 21.8. The largest absolute Gasteiger partial charge is 0.349 e. The van der Waals surface area contributed by atoms with Crippen molar-refractivity contribution in [2.45, 2.75) is 63.2 Å². The first kappa shape index (κ1) is 28.3. The van der Waals surface area contributed by atoms with Gasteiger partial charge in [0.2, 0.25) is 21.8 Å². The van der Waals surface area contributed by atoms with Crippen LogP contribution in [-0.2, 0) is 32.7 Å². The van der Waals surface area contributed by atoms with Crippen molar-refractivity contribution < 1.29 is 18.0 Å². The first-order chi connectivity index (χ1) is 15.7. The summed E-state index contributed by atoms with van der Waals surface area (Å²) >= 11 is 1.54. The van der Waals surface area contributed by atoms with Crippen molar-refractivity contribution >= 4 is 45.6 Å². The van der Waals surface area contributed by atoms with Gasteiger partial charge in [-0.05, 0) is 49.4 Å². The van der Waals surface area contributed by atoms with Gasteiger partial charge in [0, 0.05) is 22.8 Å². The number of carbonyl (C=O) groups excluding carboxylic acids is 2. The van der Waals surface area contributed by atoms with Crippen molar-refractivity contribution in [2.75, 3.05) is 6.54 Å². The van der Waals surface area contributed by atoms with Gasteiger partial charge in [-0.15, -0.1) is 23.7 Å². The number of sulfonamides is 1. The zero-order chi connectivity index (χ0) is 24.0. The molecular weight excluding hydrogens is 496 g/mol. The van der Waals surface area contributed by atoms with Gasteiger partial charge < -0.3 is 16.0 Å². The lowest BCUT2D eigenvalue weighted by Crippen LogP contribution is -2.53. The molecule has 1 saturated heterocycles. The predicted molar refractivity (Wildman–Crippen MR) is 136 cm³/mol. The van der Waals surface area contributed by atoms with Gasteiger partial charge >= 0.3 is 0 Å². The number of carbonyl (C=O) groups is 2. The number of rotatable bonds is 10. The number of likely N-dealkylation sites (tertiary alicyclic amines) is 1. The average molecular weight is 529 g/mol. The molecule has 0 saturated carbocycles. The molecule has 3 rings (SSSR count). The van der Waals surface area contributed by atoms with E-state index in [2.05, 4.69) is 10.0 Å². The Morgan fingerprint density at radius 3 is 2.44 bits per heavy atom. The van der Waals surface area contributed by atoms with Gasteiger partial charge in [-0.3, -0.25) is 9.59 Å². The molecule has 34 heavy (non-hydrogen) atoms. The Labute approximate surface area is 211 Å². The fourth-order valence-corrected chi connectivity index (χ4v) is 6.01. The second kappa shape index (κ2) is 12.6. The summed E-state index contributed by atoms with van der Waals surface area (Å²) in [5, 5.41) is 2.92. The van der Waals surface area contributed by atoms with Crippen LogP contribution in [0.5, 0.6) is 0 Å². The lowest BCUT2D eigenvalue weighted by Gasteiger charge is -2.29. The number of hydrogen-bond acceptors (Lipinski definition) is 6. The number of nitrogens with one attached hydrogen (secondary N) is 2. The minimum absolute atomic E-state index is 0. The van der Waals surface area contributed by atoms with Crippen LogP contribution in [0.25, 0.3) is 0 Å². The minimum Gasteiger partial charge on any atom is -0.349 e. The second-order valence-electron chi connectivity index (χ2n) is 8.60. The lowest BCUT2D eigenvalue weighted by atomic mass is 10.0. The van der Waals surface area contributed by atoms with E-state index < -0.39 is 22.1 Å². The molecule has 2 atom stereocenters. The van der Waals surface area contributed by atoms with Crippen LogP contribution in [0, 0.1) is 5.92 Å². The van der Waals surface area contributed by atoms with Gasteiger partial charge in [0.25, 0.3) is 0 Å². The summed E-state index contributed by atoms with van der Waals surface area (Å²) in [5.74, 6) is -0.497. The number of hydrogen-bond donors (Lipinski definition) is 3. The molecule has 0 bridgehead atoms. The SMILES string of the molecule is CC(C)C[C@@H](NS(=O)(=O)c1ccccc1)C(=O)N1CCC[C@H]1C(=O)NCc1ccc(CN)s1.Cl. The van der Waals surface area contributed by atoms with E-state index in [-0.39, 0.29) is 35.0 Å². The van der Waals surface area contributed by atoms with Crippen LogP contribution in [0.15, 0.2) is 47.4 Å². The Morgan fingerprint density at radius 1 is 1.15 bits per heavy atom. The van der Waals surface area contributed by atoms with Gasteiger partial charge in [-0.1, -0.05) is 32.0 Å². The average Bonchev–Trinajstić information content (AvgIpc) is 3.46. The molecule has 2 amide bonds. The molecule has 188 valence electrons. The molecule has 0 unspecified atom stereocenters. The van der Waals surface area contributed by atoms with E-state index in [1.54, 1.807) is 29.5 Å². The maximum Gasteiger partial charge on any atom is 0.243 e. The van der Waals surface area contributed by atoms with Gasteiger partial charge in [0.15, 0.2) is 0 Å². The third-order valence-corrected chi connectivity index (χ3v) is 8.15. The maximum absolute atomic E-state index is 13.4. The first-order valence-electron chi connectivity index (χ1n) is 11.1. The first-order valence-corrected chi connectivity index (χ1v) is 13.4. The maximum atomic E-state index is 13.4. The summed E-state index contributed by atoms with van der Waals surface area (Å²) in [6, 6.07) is 10.3. The number of nitrogens with two attached hydrogens (primary N) is 1. The molecule has 2 aromatic rings. The van der Waals surface area contributed by atoms with Gasteiger partial charge in [0.1, 0.15) is 12.1 Å². The summed E-state index contributed by atoms with van der Waals surface area (Å²) in [4.78, 5) is 30.0. The van der Waals surface area contributed by atoms with E-state index in [1.807, 2.05) is 26.0 Å². The standard InChI is InChI=1S/C23H32N4O4S2.ClH/c1-16(2)13-20(26-33(30,31)19-7-4-3-5-8-19)23(29)27-12-6-9-21(27)22(28)25-15-18-11-10-17(14-24)32-18;/h3-5,7-8,10-11,16,20-21,26H,6,9,12-15,24H2,1-2H3,(H,25,28);1H/t20-,21+;/m1./s1. The quantitative estimate of drug-likeness (QED) is 0.437. The Balaban J connectivity index is 0.00000408. The van der Waals surface area contributed by atoms with E-state index in [4.69, 9.17) is 5.73 Å². The van der Waals surface area contributed by atoms with E-state index in [0.29, 0.717) is 38.9 Å². The van der Waals surface area contributed by atoms with Gasteiger partial charge in [-0.25, -0.2) is 8.42 Å². The molecule has 0 spiro atoms. The van der Waals surface area contributed by atoms with Crippen LogP contribution in [0.4, 0.5) is 0 Å². The number of thiophene rings is 1. The highest BCUT2D eigenvalue weighted by Gasteiger charge is 2.38. The molecule has 1 aromatic carbocycles. The molecule has 1 fully saturated rings. The molecule has 1 aliphatic heterocycles. The third-order valence-electron chi connectivity index (χ3n) is 5.55. The van der Waals surface area contributed by atoms with Gasteiger partial charge in [-0.2, -0.15) is 4.72 Å². The Kier molecular flexibility index (Phi) is 10.5. The number of benzene rings is 1. The minimum atomic E-state index is -3.87. The van der Waals surface area contributed by atoms with Crippen molar-refractivity contribution in [3.63, 3.8) is 0 Å². The fraction of sp³-hybridized carbons (Fsp3) is 0.478. The molecule has 11 heteroatoms. The summed E-state index contributed by atoms with van der Waals surface area (Å²) in [6.07, 6.45) is 1.59. The third kappa shape index (κ3) is 7.26. The molecule has 4 N–H and O–H groups in total. The molecular formula is C23H33ClN4O4S2. The fourth-order valence-electron chi connectivity index (χ4n) is 3.95. The highest BCUT2D eigenvalue weighted by atomic mass is 35.5. The lowest BCUT2D eigenvalue weighted by molar-refractivity contribution is -0.140. The summed E-state index contributed by atoms with van der Waals surface area (Å²) in [7, 11) is -3.87.